The fraction of sp³-hybridized carbons (Fsp3) is 0.100. The number of nitrogens with zero attached hydrogens (tertiary/aromatic N) is 3. The number of carbonyl (C=O) groups is 1. The van der Waals surface area contributed by atoms with Crippen LogP contribution in [-0.2, 0) is 6.54 Å². The van der Waals surface area contributed by atoms with Gasteiger partial charge in [-0.3, -0.25) is 19.1 Å². The summed E-state index contributed by atoms with van der Waals surface area (Å²) in [6, 6.07) is 16.9. The molecule has 4 rings (SSSR count). The summed E-state index contributed by atoms with van der Waals surface area (Å²) in [6.45, 7) is 2.03. The Hall–Kier alpha value is -3.74. The van der Waals surface area contributed by atoms with E-state index in [4.69, 9.17) is 0 Å². The van der Waals surface area contributed by atoms with E-state index in [1.54, 1.807) is 19.1 Å². The maximum absolute atomic E-state index is 12.6. The molecule has 27 heavy (non-hydrogen) atoms. The van der Waals surface area contributed by atoms with Gasteiger partial charge in [0.05, 0.1) is 17.9 Å². The minimum atomic E-state index is -0.471. The number of benzene rings is 1. The van der Waals surface area contributed by atoms with E-state index < -0.39 is 5.91 Å². The zero-order valence-corrected chi connectivity index (χ0v) is 14.6. The average Bonchev–Trinajstić information content (AvgIpc) is 3.16. The lowest BCUT2D eigenvalue weighted by atomic mass is 10.1. The lowest BCUT2D eigenvalue weighted by Gasteiger charge is -2.07. The zero-order valence-electron chi connectivity index (χ0n) is 14.6. The Morgan fingerprint density at radius 1 is 1.15 bits per heavy atom. The molecule has 0 aliphatic rings. The third-order valence-electron chi connectivity index (χ3n) is 4.31. The molecule has 0 radical (unpaired) electrons. The SMILES string of the molecule is Cc1cccc2ncc(C(=O)NCc3cc(-c4ccccc4)n[nH]3)c(=O)n12. The van der Waals surface area contributed by atoms with Crippen LogP contribution in [0.3, 0.4) is 0 Å². The first kappa shape index (κ1) is 16.7. The van der Waals surface area contributed by atoms with Gasteiger partial charge in [0, 0.05) is 17.5 Å². The fourth-order valence-electron chi connectivity index (χ4n) is 2.91. The molecule has 0 saturated heterocycles. The van der Waals surface area contributed by atoms with Gasteiger partial charge in [-0.25, -0.2) is 4.98 Å². The molecule has 0 spiro atoms. The first-order valence-electron chi connectivity index (χ1n) is 8.49. The van der Waals surface area contributed by atoms with Crippen LogP contribution in [0.4, 0.5) is 0 Å². The smallest absolute Gasteiger partial charge is 0.270 e. The van der Waals surface area contributed by atoms with Crippen molar-refractivity contribution in [1.82, 2.24) is 24.9 Å². The fourth-order valence-corrected chi connectivity index (χ4v) is 2.91. The summed E-state index contributed by atoms with van der Waals surface area (Å²) in [4.78, 5) is 29.3. The minimum Gasteiger partial charge on any atom is -0.346 e. The van der Waals surface area contributed by atoms with E-state index in [0.717, 1.165) is 22.6 Å². The molecule has 3 heterocycles. The van der Waals surface area contributed by atoms with Crippen molar-refractivity contribution >= 4 is 11.6 Å². The highest BCUT2D eigenvalue weighted by molar-refractivity contribution is 5.93. The number of aromatic nitrogens is 4. The number of hydrogen-bond acceptors (Lipinski definition) is 4. The van der Waals surface area contributed by atoms with Gasteiger partial charge in [0.25, 0.3) is 11.5 Å². The lowest BCUT2D eigenvalue weighted by molar-refractivity contribution is 0.0948. The van der Waals surface area contributed by atoms with Crippen LogP contribution < -0.4 is 10.9 Å². The molecular formula is C20H17N5O2. The third kappa shape index (κ3) is 3.22. The van der Waals surface area contributed by atoms with Crippen LogP contribution in [0.2, 0.25) is 0 Å². The second kappa shape index (κ2) is 6.87. The highest BCUT2D eigenvalue weighted by Crippen LogP contribution is 2.16. The standard InChI is InChI=1S/C20H17N5O2/c1-13-6-5-9-18-21-12-16(20(27)25(13)18)19(26)22-11-15-10-17(24-23-15)14-7-3-2-4-8-14/h2-10,12H,11H2,1H3,(H,22,26)(H,23,24). The Labute approximate surface area is 154 Å². The number of aryl methyl sites for hydroxylation is 1. The molecule has 0 bridgehead atoms. The molecule has 7 heteroatoms. The van der Waals surface area contributed by atoms with Crippen molar-refractivity contribution in [2.75, 3.05) is 0 Å². The summed E-state index contributed by atoms with van der Waals surface area (Å²) >= 11 is 0. The molecule has 134 valence electrons. The Bertz CT molecular complexity index is 1180. The maximum Gasteiger partial charge on any atom is 0.270 e. The second-order valence-electron chi connectivity index (χ2n) is 6.16. The van der Waals surface area contributed by atoms with Gasteiger partial charge >= 0.3 is 0 Å². The predicted molar refractivity (Wildman–Crippen MR) is 101 cm³/mol. The maximum atomic E-state index is 12.6. The molecule has 3 aromatic heterocycles. The van der Waals surface area contributed by atoms with Crippen molar-refractivity contribution < 1.29 is 4.79 Å². The molecule has 7 nitrogen and oxygen atoms in total. The second-order valence-corrected chi connectivity index (χ2v) is 6.16. The lowest BCUT2D eigenvalue weighted by Crippen LogP contribution is -2.32. The van der Waals surface area contributed by atoms with E-state index in [1.165, 1.54) is 10.6 Å². The van der Waals surface area contributed by atoms with E-state index in [1.807, 2.05) is 42.5 Å². The van der Waals surface area contributed by atoms with Gasteiger partial charge in [-0.2, -0.15) is 5.10 Å². The van der Waals surface area contributed by atoms with Crippen molar-refractivity contribution in [2.24, 2.45) is 0 Å². The Morgan fingerprint density at radius 2 is 1.96 bits per heavy atom. The molecule has 0 saturated carbocycles. The topological polar surface area (TPSA) is 92.2 Å². The highest BCUT2D eigenvalue weighted by Gasteiger charge is 2.14. The number of amides is 1. The van der Waals surface area contributed by atoms with Gasteiger partial charge in [0.1, 0.15) is 11.2 Å². The Balaban J connectivity index is 1.53. The van der Waals surface area contributed by atoms with Gasteiger partial charge in [0.2, 0.25) is 0 Å². The first-order valence-corrected chi connectivity index (χ1v) is 8.49. The first-order chi connectivity index (χ1) is 13.1. The molecule has 0 unspecified atom stereocenters. The van der Waals surface area contributed by atoms with Crippen LogP contribution in [0, 0.1) is 6.92 Å². The van der Waals surface area contributed by atoms with Crippen molar-refractivity contribution in [3.8, 4) is 11.3 Å². The monoisotopic (exact) mass is 359 g/mol. The summed E-state index contributed by atoms with van der Waals surface area (Å²) in [5.74, 6) is -0.471. The average molecular weight is 359 g/mol. The highest BCUT2D eigenvalue weighted by atomic mass is 16.2. The van der Waals surface area contributed by atoms with E-state index in [0.29, 0.717) is 5.65 Å². The number of H-pyrrole nitrogens is 1. The summed E-state index contributed by atoms with van der Waals surface area (Å²) in [5, 5.41) is 9.89. The van der Waals surface area contributed by atoms with Crippen LogP contribution in [0.25, 0.3) is 16.9 Å². The normalized spacial score (nSPS) is 10.9. The quantitative estimate of drug-likeness (QED) is 0.585. The predicted octanol–water partition coefficient (Wildman–Crippen LogP) is 2.32. The number of hydrogen-bond donors (Lipinski definition) is 2. The van der Waals surface area contributed by atoms with Crippen LogP contribution in [0.1, 0.15) is 21.7 Å². The molecule has 1 amide bonds. The van der Waals surface area contributed by atoms with Gasteiger partial charge in [-0.1, -0.05) is 36.4 Å². The minimum absolute atomic E-state index is 0.00426. The zero-order chi connectivity index (χ0) is 18.8. The molecule has 0 atom stereocenters. The van der Waals surface area contributed by atoms with Gasteiger partial charge in [-0.15, -0.1) is 0 Å². The van der Waals surface area contributed by atoms with E-state index in [2.05, 4.69) is 20.5 Å². The third-order valence-corrected chi connectivity index (χ3v) is 4.31. The summed E-state index contributed by atoms with van der Waals surface area (Å²) in [5.41, 5.74) is 3.38. The largest absolute Gasteiger partial charge is 0.346 e. The Kier molecular flexibility index (Phi) is 4.25. The van der Waals surface area contributed by atoms with Gasteiger partial charge in [0.15, 0.2) is 0 Å². The summed E-state index contributed by atoms with van der Waals surface area (Å²) in [7, 11) is 0. The molecule has 0 aliphatic carbocycles. The summed E-state index contributed by atoms with van der Waals surface area (Å²) < 4.78 is 1.43. The van der Waals surface area contributed by atoms with Crippen LogP contribution in [0.5, 0.6) is 0 Å². The molecule has 0 aliphatic heterocycles. The number of rotatable bonds is 4. The Morgan fingerprint density at radius 3 is 2.78 bits per heavy atom. The van der Waals surface area contributed by atoms with Crippen molar-refractivity contribution in [1.29, 1.82) is 0 Å². The van der Waals surface area contributed by atoms with Gasteiger partial charge in [-0.05, 0) is 25.1 Å². The van der Waals surface area contributed by atoms with Gasteiger partial charge < -0.3 is 5.32 Å². The van der Waals surface area contributed by atoms with E-state index in [9.17, 15) is 9.59 Å². The van der Waals surface area contributed by atoms with Crippen LogP contribution >= 0.6 is 0 Å². The van der Waals surface area contributed by atoms with Crippen molar-refractivity contribution in [3.63, 3.8) is 0 Å². The van der Waals surface area contributed by atoms with Crippen molar-refractivity contribution in [3.05, 3.63) is 88.1 Å². The number of aromatic amines is 1. The van der Waals surface area contributed by atoms with E-state index in [-0.39, 0.29) is 17.7 Å². The number of nitrogens with one attached hydrogen (secondary N) is 2. The molecule has 0 fully saturated rings. The number of pyridine rings is 1. The molecular weight excluding hydrogens is 342 g/mol. The van der Waals surface area contributed by atoms with Crippen molar-refractivity contribution in [2.45, 2.75) is 13.5 Å². The molecule has 1 aromatic carbocycles. The molecule has 2 N–H and O–H groups in total. The van der Waals surface area contributed by atoms with E-state index >= 15 is 0 Å². The molecule has 4 aromatic rings. The van der Waals surface area contributed by atoms with Crippen LogP contribution in [0.15, 0.2) is 65.6 Å². The summed E-state index contributed by atoms with van der Waals surface area (Å²) in [6.07, 6.45) is 1.31. The number of carbonyl (C=O) groups excluding carboxylic acids is 1. The van der Waals surface area contributed by atoms with Crippen LogP contribution in [-0.4, -0.2) is 25.5 Å². The number of fused-ring (bicyclic) bond motifs is 1.